The first-order valence-corrected chi connectivity index (χ1v) is 9.40. The summed E-state index contributed by atoms with van der Waals surface area (Å²) in [6, 6.07) is 16.2. The summed E-state index contributed by atoms with van der Waals surface area (Å²) in [6.07, 6.45) is 1.68. The third-order valence-electron chi connectivity index (χ3n) is 5.59. The van der Waals surface area contributed by atoms with E-state index in [1.165, 1.54) is 16.0 Å². The lowest BCUT2D eigenvalue weighted by molar-refractivity contribution is -0.142. The quantitative estimate of drug-likeness (QED) is 0.671. The molecule has 138 valence electrons. The number of nitrogens with zero attached hydrogens (tertiary/aromatic N) is 1. The number of carbonyl (C=O) groups excluding carboxylic acids is 3. The number of hydrogen-bond acceptors (Lipinski definition) is 3. The van der Waals surface area contributed by atoms with Gasteiger partial charge in [0.05, 0.1) is 6.04 Å². The lowest BCUT2D eigenvalue weighted by atomic mass is 9.96. The van der Waals surface area contributed by atoms with E-state index in [9.17, 15) is 14.4 Å². The van der Waals surface area contributed by atoms with E-state index in [0.717, 1.165) is 24.0 Å². The van der Waals surface area contributed by atoms with Gasteiger partial charge in [0.1, 0.15) is 5.92 Å². The monoisotopic (exact) mass is 362 g/mol. The van der Waals surface area contributed by atoms with E-state index in [1.807, 2.05) is 37.3 Å². The van der Waals surface area contributed by atoms with Crippen molar-refractivity contribution in [3.8, 4) is 11.1 Å². The molecule has 0 bridgehead atoms. The van der Waals surface area contributed by atoms with Crippen molar-refractivity contribution in [1.82, 2.24) is 10.2 Å². The topological polar surface area (TPSA) is 66.5 Å². The smallest absolute Gasteiger partial charge is 0.290 e. The van der Waals surface area contributed by atoms with Gasteiger partial charge in [-0.05, 0) is 42.0 Å². The zero-order valence-electron chi connectivity index (χ0n) is 15.3. The van der Waals surface area contributed by atoms with Crippen LogP contribution in [0.25, 0.3) is 11.1 Å². The molecule has 5 nitrogen and oxygen atoms in total. The average Bonchev–Trinajstić information content (AvgIpc) is 3.24. The Morgan fingerprint density at radius 1 is 1.11 bits per heavy atom. The zero-order valence-corrected chi connectivity index (χ0v) is 15.3. The predicted molar refractivity (Wildman–Crippen MR) is 102 cm³/mol. The van der Waals surface area contributed by atoms with Crippen LogP contribution >= 0.6 is 0 Å². The summed E-state index contributed by atoms with van der Waals surface area (Å²) in [7, 11) is 0. The highest BCUT2D eigenvalue weighted by Gasteiger charge is 2.43. The first-order chi connectivity index (χ1) is 13.1. The first kappa shape index (κ1) is 17.5. The van der Waals surface area contributed by atoms with E-state index in [2.05, 4.69) is 23.5 Å². The number of amides is 2. The van der Waals surface area contributed by atoms with Gasteiger partial charge in [0, 0.05) is 13.1 Å². The Balaban J connectivity index is 1.55. The van der Waals surface area contributed by atoms with Crippen LogP contribution < -0.4 is 5.32 Å². The number of benzene rings is 2. The molecule has 2 aromatic rings. The summed E-state index contributed by atoms with van der Waals surface area (Å²) in [6.45, 7) is 2.44. The van der Waals surface area contributed by atoms with Crippen LogP contribution in [0, 0.1) is 5.92 Å². The summed E-state index contributed by atoms with van der Waals surface area (Å²) in [5.74, 6) is -2.37. The Kier molecular flexibility index (Phi) is 4.52. The number of nitrogens with one attached hydrogen (secondary N) is 1. The molecule has 1 fully saturated rings. The van der Waals surface area contributed by atoms with E-state index in [4.69, 9.17) is 0 Å². The summed E-state index contributed by atoms with van der Waals surface area (Å²) in [4.78, 5) is 38.1. The number of Topliss-reactive ketones (excluding diaryl/α,β-unsaturated/α-hetero) is 1. The highest BCUT2D eigenvalue weighted by atomic mass is 16.2. The molecule has 1 unspecified atom stereocenters. The molecule has 0 radical (unpaired) electrons. The van der Waals surface area contributed by atoms with E-state index < -0.39 is 17.6 Å². The molecule has 4 rings (SSSR count). The van der Waals surface area contributed by atoms with Crippen molar-refractivity contribution < 1.29 is 14.4 Å². The van der Waals surface area contributed by atoms with Crippen LogP contribution in [-0.2, 0) is 20.8 Å². The van der Waals surface area contributed by atoms with Crippen molar-refractivity contribution in [3.63, 3.8) is 0 Å². The third kappa shape index (κ3) is 3.03. The molecule has 0 aromatic heterocycles. The minimum Gasteiger partial charge on any atom is -0.349 e. The molecule has 1 N–H and O–H groups in total. The molecule has 1 aliphatic heterocycles. The van der Waals surface area contributed by atoms with Crippen LogP contribution in [0.2, 0.25) is 0 Å². The van der Waals surface area contributed by atoms with Crippen LogP contribution in [0.4, 0.5) is 0 Å². The molecule has 5 heteroatoms. The molecule has 0 spiro atoms. The van der Waals surface area contributed by atoms with E-state index in [1.54, 1.807) is 0 Å². The molecule has 2 aliphatic rings. The third-order valence-corrected chi connectivity index (χ3v) is 5.59. The fraction of sp³-hybridized carbons (Fsp3) is 0.318. The van der Waals surface area contributed by atoms with Crippen LogP contribution in [-0.4, -0.2) is 35.6 Å². The molecule has 27 heavy (non-hydrogen) atoms. The van der Waals surface area contributed by atoms with Gasteiger partial charge in [-0.25, -0.2) is 0 Å². The van der Waals surface area contributed by atoms with Gasteiger partial charge >= 0.3 is 0 Å². The molecule has 2 amide bonds. The predicted octanol–water partition coefficient (Wildman–Crippen LogP) is 2.50. The normalized spacial score (nSPS) is 21.4. The summed E-state index contributed by atoms with van der Waals surface area (Å²) < 4.78 is 0. The van der Waals surface area contributed by atoms with Gasteiger partial charge in [0.15, 0.2) is 0 Å². The van der Waals surface area contributed by atoms with Gasteiger partial charge in [0.2, 0.25) is 11.7 Å². The minimum atomic E-state index is -0.890. The second-order valence-electron chi connectivity index (χ2n) is 7.10. The van der Waals surface area contributed by atoms with Crippen LogP contribution in [0.15, 0.2) is 48.5 Å². The second-order valence-corrected chi connectivity index (χ2v) is 7.10. The van der Waals surface area contributed by atoms with Gasteiger partial charge in [-0.1, -0.05) is 48.5 Å². The van der Waals surface area contributed by atoms with Gasteiger partial charge in [-0.3, -0.25) is 14.4 Å². The van der Waals surface area contributed by atoms with Crippen molar-refractivity contribution in [3.05, 3.63) is 59.7 Å². The second kappa shape index (κ2) is 6.99. The van der Waals surface area contributed by atoms with Gasteiger partial charge in [-0.15, -0.1) is 0 Å². The maximum atomic E-state index is 12.7. The summed E-state index contributed by atoms with van der Waals surface area (Å²) >= 11 is 0. The van der Waals surface area contributed by atoms with Crippen LogP contribution in [0.3, 0.4) is 0 Å². The van der Waals surface area contributed by atoms with Crippen molar-refractivity contribution in [2.24, 2.45) is 5.92 Å². The van der Waals surface area contributed by atoms with E-state index in [-0.39, 0.29) is 18.5 Å². The van der Waals surface area contributed by atoms with Crippen LogP contribution in [0.1, 0.15) is 30.5 Å². The Morgan fingerprint density at radius 2 is 1.89 bits per heavy atom. The van der Waals surface area contributed by atoms with Gasteiger partial charge in [0.25, 0.3) is 5.91 Å². The Bertz CT molecular complexity index is 907. The first-order valence-electron chi connectivity index (χ1n) is 9.40. The zero-order chi connectivity index (χ0) is 19.0. The molecule has 1 aliphatic carbocycles. The number of carbonyl (C=O) groups is 3. The maximum absolute atomic E-state index is 12.7. The number of ketones is 1. The highest BCUT2D eigenvalue weighted by Crippen LogP contribution is 2.37. The maximum Gasteiger partial charge on any atom is 0.290 e. The lowest BCUT2D eigenvalue weighted by Gasteiger charge is -2.17. The highest BCUT2D eigenvalue weighted by molar-refractivity contribution is 6.42. The molecular weight excluding hydrogens is 340 g/mol. The molecule has 0 saturated carbocycles. The fourth-order valence-corrected chi connectivity index (χ4v) is 4.13. The van der Waals surface area contributed by atoms with Crippen molar-refractivity contribution >= 4 is 17.6 Å². The van der Waals surface area contributed by atoms with Crippen molar-refractivity contribution in [2.75, 3.05) is 13.1 Å². The Morgan fingerprint density at radius 3 is 2.59 bits per heavy atom. The van der Waals surface area contributed by atoms with Gasteiger partial charge < -0.3 is 10.2 Å². The number of fused-ring (bicyclic) bond motifs is 1. The lowest BCUT2D eigenvalue weighted by Crippen LogP contribution is -2.37. The standard InChI is InChI=1S/C22H22N2O3/c1-2-24-13-18(20(25)22(24)27)21(26)23-19-12-11-16-15(9-6-10-17(16)19)14-7-4-3-5-8-14/h3-10,18-19H,2,11-13H2,1H3,(H,23,26)/t18?,19-/m1/s1. The Labute approximate surface area is 158 Å². The Hall–Kier alpha value is -2.95. The van der Waals surface area contributed by atoms with Crippen molar-refractivity contribution in [2.45, 2.75) is 25.8 Å². The summed E-state index contributed by atoms with van der Waals surface area (Å²) in [5, 5.41) is 3.01. The summed E-state index contributed by atoms with van der Waals surface area (Å²) in [5.41, 5.74) is 4.71. The largest absolute Gasteiger partial charge is 0.349 e. The average molecular weight is 362 g/mol. The number of likely N-dealkylation sites (N-methyl/N-ethyl adjacent to an activating group) is 1. The fourth-order valence-electron chi connectivity index (χ4n) is 4.13. The molecule has 1 saturated heterocycles. The number of hydrogen-bond donors (Lipinski definition) is 1. The number of rotatable bonds is 4. The van der Waals surface area contributed by atoms with Gasteiger partial charge in [-0.2, -0.15) is 0 Å². The van der Waals surface area contributed by atoms with Crippen LogP contribution in [0.5, 0.6) is 0 Å². The molecule has 1 heterocycles. The number of likely N-dealkylation sites (tertiary alicyclic amines) is 1. The minimum absolute atomic E-state index is 0.116. The molecule has 2 aromatic carbocycles. The molecule has 2 atom stereocenters. The van der Waals surface area contributed by atoms with Crippen molar-refractivity contribution in [1.29, 1.82) is 0 Å². The molecular formula is C22H22N2O3. The van der Waals surface area contributed by atoms with E-state index in [0.29, 0.717) is 6.54 Å². The SMILES string of the molecule is CCN1CC(C(=O)N[C@@H]2CCc3c(-c4ccccc4)cccc32)C(=O)C1=O. The van der Waals surface area contributed by atoms with E-state index >= 15 is 0 Å².